The highest BCUT2D eigenvalue weighted by atomic mass is 32.2. The molecule has 2 aromatic rings. The lowest BCUT2D eigenvalue weighted by molar-refractivity contribution is -0.115. The predicted octanol–water partition coefficient (Wildman–Crippen LogP) is 2.21. The molecule has 1 N–H and O–H groups in total. The molecule has 9 heteroatoms. The Bertz CT molecular complexity index is 1020. The number of rotatable bonds is 7. The lowest BCUT2D eigenvalue weighted by Crippen LogP contribution is -2.40. The van der Waals surface area contributed by atoms with E-state index in [-0.39, 0.29) is 17.2 Å². The van der Waals surface area contributed by atoms with Crippen LogP contribution in [0.1, 0.15) is 11.1 Å². The highest BCUT2D eigenvalue weighted by molar-refractivity contribution is 7.89. The van der Waals surface area contributed by atoms with Crippen molar-refractivity contribution in [2.24, 2.45) is 0 Å². The number of carbonyl (C=O) groups is 1. The van der Waals surface area contributed by atoms with Crippen molar-refractivity contribution in [1.82, 2.24) is 4.31 Å². The number of nitrogens with zero attached hydrogens (tertiary/aromatic N) is 1. The van der Waals surface area contributed by atoms with Crippen LogP contribution in [-0.2, 0) is 26.0 Å². The molecule has 2 aromatic carbocycles. The van der Waals surface area contributed by atoms with Crippen LogP contribution in [0, 0.1) is 6.92 Å². The number of benzene rings is 2. The molecule has 0 unspecified atom stereocenters. The molecular formula is C21H26N2O6S. The number of hydrogen-bond donors (Lipinski definition) is 1. The van der Waals surface area contributed by atoms with Crippen molar-refractivity contribution in [2.75, 3.05) is 45.8 Å². The van der Waals surface area contributed by atoms with E-state index in [1.54, 1.807) is 44.4 Å². The molecule has 1 fully saturated rings. The van der Waals surface area contributed by atoms with E-state index in [4.69, 9.17) is 14.2 Å². The van der Waals surface area contributed by atoms with Gasteiger partial charge < -0.3 is 19.5 Å². The van der Waals surface area contributed by atoms with Gasteiger partial charge >= 0.3 is 0 Å². The maximum atomic E-state index is 13.0. The Labute approximate surface area is 176 Å². The van der Waals surface area contributed by atoms with E-state index in [1.165, 1.54) is 17.5 Å². The van der Waals surface area contributed by atoms with Crippen LogP contribution in [0.2, 0.25) is 0 Å². The normalized spacial score (nSPS) is 14.9. The highest BCUT2D eigenvalue weighted by Gasteiger charge is 2.28. The maximum Gasteiger partial charge on any atom is 0.243 e. The van der Waals surface area contributed by atoms with Crippen molar-refractivity contribution in [2.45, 2.75) is 18.2 Å². The van der Waals surface area contributed by atoms with Crippen LogP contribution < -0.4 is 14.8 Å². The van der Waals surface area contributed by atoms with Gasteiger partial charge in [0.05, 0.1) is 38.7 Å². The van der Waals surface area contributed by atoms with Gasteiger partial charge in [0, 0.05) is 18.8 Å². The molecule has 162 valence electrons. The Kier molecular flexibility index (Phi) is 6.96. The summed E-state index contributed by atoms with van der Waals surface area (Å²) < 4.78 is 43.1. The number of ether oxygens (including phenoxy) is 3. The van der Waals surface area contributed by atoms with Gasteiger partial charge in [-0.25, -0.2) is 8.42 Å². The van der Waals surface area contributed by atoms with Crippen molar-refractivity contribution >= 4 is 21.6 Å². The molecule has 0 saturated carbocycles. The summed E-state index contributed by atoms with van der Waals surface area (Å²) in [7, 11) is -0.577. The van der Waals surface area contributed by atoms with Gasteiger partial charge in [-0.2, -0.15) is 4.31 Å². The fraction of sp³-hybridized carbons (Fsp3) is 0.381. The quantitative estimate of drug-likeness (QED) is 0.718. The molecule has 3 rings (SSSR count). The molecule has 0 spiro atoms. The molecule has 1 aliphatic heterocycles. The molecule has 1 saturated heterocycles. The first-order chi connectivity index (χ1) is 14.3. The number of morpholine rings is 1. The Balaban J connectivity index is 1.76. The third-order valence-electron chi connectivity index (χ3n) is 4.87. The zero-order valence-corrected chi connectivity index (χ0v) is 18.1. The highest BCUT2D eigenvalue weighted by Crippen LogP contribution is 2.28. The van der Waals surface area contributed by atoms with E-state index in [1.807, 2.05) is 0 Å². The SMILES string of the molecule is COc1ccc(CC(=O)Nc2ccc(C)c(S(=O)(=O)N3CCOCC3)c2)cc1OC. The number of amides is 1. The monoisotopic (exact) mass is 434 g/mol. The van der Waals surface area contributed by atoms with Crippen LogP contribution in [0.15, 0.2) is 41.3 Å². The maximum absolute atomic E-state index is 13.0. The van der Waals surface area contributed by atoms with Crippen LogP contribution in [0.3, 0.4) is 0 Å². The van der Waals surface area contributed by atoms with E-state index >= 15 is 0 Å². The molecule has 0 bridgehead atoms. The summed E-state index contributed by atoms with van der Waals surface area (Å²) in [5.41, 5.74) is 1.80. The van der Waals surface area contributed by atoms with Crippen molar-refractivity contribution in [3.8, 4) is 11.5 Å². The summed E-state index contributed by atoms with van der Waals surface area (Å²) in [6.07, 6.45) is 0.111. The number of hydrogen-bond acceptors (Lipinski definition) is 6. The Morgan fingerprint density at radius 3 is 2.43 bits per heavy atom. The van der Waals surface area contributed by atoms with Crippen LogP contribution in [0.25, 0.3) is 0 Å². The van der Waals surface area contributed by atoms with E-state index < -0.39 is 10.0 Å². The van der Waals surface area contributed by atoms with E-state index in [2.05, 4.69) is 5.32 Å². The number of nitrogens with one attached hydrogen (secondary N) is 1. The number of methoxy groups -OCH3 is 2. The van der Waals surface area contributed by atoms with Gasteiger partial charge in [-0.1, -0.05) is 12.1 Å². The third kappa shape index (κ3) is 4.92. The minimum Gasteiger partial charge on any atom is -0.493 e. The lowest BCUT2D eigenvalue weighted by atomic mass is 10.1. The second-order valence-electron chi connectivity index (χ2n) is 6.91. The van der Waals surface area contributed by atoms with Gasteiger partial charge in [0.25, 0.3) is 0 Å². The van der Waals surface area contributed by atoms with Gasteiger partial charge in [-0.15, -0.1) is 0 Å². The number of aryl methyl sites for hydroxylation is 1. The van der Waals surface area contributed by atoms with Crippen molar-refractivity contribution in [3.05, 3.63) is 47.5 Å². The Morgan fingerprint density at radius 1 is 1.07 bits per heavy atom. The van der Waals surface area contributed by atoms with Gasteiger partial charge in [-0.3, -0.25) is 4.79 Å². The third-order valence-corrected chi connectivity index (χ3v) is 6.91. The Hall–Kier alpha value is -2.62. The summed E-state index contributed by atoms with van der Waals surface area (Å²) >= 11 is 0. The molecule has 30 heavy (non-hydrogen) atoms. The molecule has 8 nitrogen and oxygen atoms in total. The van der Waals surface area contributed by atoms with Gasteiger partial charge in [-0.05, 0) is 42.3 Å². The van der Waals surface area contributed by atoms with Crippen LogP contribution in [0.5, 0.6) is 11.5 Å². The van der Waals surface area contributed by atoms with E-state index in [9.17, 15) is 13.2 Å². The van der Waals surface area contributed by atoms with Crippen LogP contribution in [-0.4, -0.2) is 59.2 Å². The van der Waals surface area contributed by atoms with Crippen LogP contribution >= 0.6 is 0 Å². The number of sulfonamides is 1. The molecule has 0 radical (unpaired) electrons. The van der Waals surface area contributed by atoms with Crippen molar-refractivity contribution in [3.63, 3.8) is 0 Å². The van der Waals surface area contributed by atoms with Gasteiger partial charge in [0.1, 0.15) is 0 Å². The van der Waals surface area contributed by atoms with E-state index in [0.29, 0.717) is 49.1 Å². The first kappa shape index (κ1) is 22.1. The fourth-order valence-electron chi connectivity index (χ4n) is 3.26. The Morgan fingerprint density at radius 2 is 1.77 bits per heavy atom. The van der Waals surface area contributed by atoms with Crippen molar-refractivity contribution in [1.29, 1.82) is 0 Å². The lowest BCUT2D eigenvalue weighted by Gasteiger charge is -2.26. The minimum atomic E-state index is -3.65. The smallest absolute Gasteiger partial charge is 0.243 e. The molecule has 1 amide bonds. The van der Waals surface area contributed by atoms with Gasteiger partial charge in [0.2, 0.25) is 15.9 Å². The van der Waals surface area contributed by atoms with Crippen molar-refractivity contribution < 1.29 is 27.4 Å². The molecular weight excluding hydrogens is 408 g/mol. The molecule has 1 heterocycles. The number of carbonyl (C=O) groups excluding carboxylic acids is 1. The van der Waals surface area contributed by atoms with Crippen LogP contribution in [0.4, 0.5) is 5.69 Å². The predicted molar refractivity (Wildman–Crippen MR) is 113 cm³/mol. The first-order valence-electron chi connectivity index (χ1n) is 9.54. The molecule has 0 aromatic heterocycles. The topological polar surface area (TPSA) is 94.2 Å². The summed E-state index contributed by atoms with van der Waals surface area (Å²) in [5, 5.41) is 2.78. The molecule has 1 aliphatic rings. The molecule has 0 atom stereocenters. The zero-order valence-electron chi connectivity index (χ0n) is 17.3. The molecule has 0 aliphatic carbocycles. The van der Waals surface area contributed by atoms with Gasteiger partial charge in [0.15, 0.2) is 11.5 Å². The summed E-state index contributed by atoms with van der Waals surface area (Å²) in [5.74, 6) is 0.857. The standard InChI is InChI=1S/C21H26N2O6S/c1-15-4-6-17(14-20(15)30(25,26)23-8-10-29-11-9-23)22-21(24)13-16-5-7-18(27-2)19(12-16)28-3/h4-7,12,14H,8-11,13H2,1-3H3,(H,22,24). The first-order valence-corrected chi connectivity index (χ1v) is 11.0. The second-order valence-corrected chi connectivity index (χ2v) is 8.82. The average molecular weight is 435 g/mol. The zero-order chi connectivity index (χ0) is 21.7. The summed E-state index contributed by atoms with van der Waals surface area (Å²) in [4.78, 5) is 12.7. The summed E-state index contributed by atoms with van der Waals surface area (Å²) in [6.45, 7) is 3.12. The number of anilines is 1. The fourth-order valence-corrected chi connectivity index (χ4v) is 4.92. The second kappa shape index (κ2) is 9.46. The largest absolute Gasteiger partial charge is 0.493 e. The summed E-state index contributed by atoms with van der Waals surface area (Å²) in [6, 6.07) is 10.2. The van der Waals surface area contributed by atoms with E-state index in [0.717, 1.165) is 5.56 Å². The average Bonchev–Trinajstić information content (AvgIpc) is 2.75. The minimum absolute atomic E-state index is 0.111.